The molecular formula is C9H15NS. The van der Waals surface area contributed by atoms with Crippen molar-refractivity contribution >= 4 is 17.4 Å². The zero-order valence-electron chi connectivity index (χ0n) is 7.21. The van der Waals surface area contributed by atoms with Gasteiger partial charge in [-0.25, -0.2) is 4.99 Å². The summed E-state index contributed by atoms with van der Waals surface area (Å²) in [6.45, 7) is 4.57. The van der Waals surface area contributed by atoms with Gasteiger partial charge < -0.3 is 0 Å². The summed E-state index contributed by atoms with van der Waals surface area (Å²) in [4.78, 5) is 4.16. The maximum absolute atomic E-state index is 4.60. The lowest BCUT2D eigenvalue weighted by molar-refractivity contribution is 0.265. The SMILES string of the molecule is CC1CCC(N=C=S)C(C)C1. The van der Waals surface area contributed by atoms with Crippen molar-refractivity contribution in [1.29, 1.82) is 0 Å². The standard InChI is InChI=1S/C9H15NS/c1-7-3-4-9(10-6-11)8(2)5-7/h7-9H,3-5H2,1-2H3. The van der Waals surface area contributed by atoms with E-state index in [0.717, 1.165) is 5.92 Å². The van der Waals surface area contributed by atoms with Crippen LogP contribution in [0.4, 0.5) is 0 Å². The van der Waals surface area contributed by atoms with Gasteiger partial charge in [0.1, 0.15) is 0 Å². The van der Waals surface area contributed by atoms with Gasteiger partial charge in [-0.2, -0.15) is 0 Å². The molecule has 62 valence electrons. The fourth-order valence-electron chi connectivity index (χ4n) is 1.91. The Labute approximate surface area is 73.9 Å². The molecule has 0 spiro atoms. The molecule has 1 fully saturated rings. The molecule has 1 aliphatic carbocycles. The van der Waals surface area contributed by atoms with E-state index in [9.17, 15) is 0 Å². The molecule has 11 heavy (non-hydrogen) atoms. The minimum atomic E-state index is 0.462. The van der Waals surface area contributed by atoms with Gasteiger partial charge in [-0.15, -0.1) is 0 Å². The molecule has 0 aromatic heterocycles. The third-order valence-corrected chi connectivity index (χ3v) is 2.71. The Morgan fingerprint density at radius 2 is 2.09 bits per heavy atom. The summed E-state index contributed by atoms with van der Waals surface area (Å²) in [6, 6.07) is 0.462. The van der Waals surface area contributed by atoms with Gasteiger partial charge in [0.05, 0.1) is 11.2 Å². The topological polar surface area (TPSA) is 12.4 Å². The molecule has 0 amide bonds. The van der Waals surface area contributed by atoms with E-state index in [1.807, 2.05) is 0 Å². The predicted molar refractivity (Wildman–Crippen MR) is 51.0 cm³/mol. The maximum Gasteiger partial charge on any atom is 0.0628 e. The van der Waals surface area contributed by atoms with Crippen LogP contribution in [0.2, 0.25) is 0 Å². The van der Waals surface area contributed by atoms with Gasteiger partial charge in [0.25, 0.3) is 0 Å². The number of aliphatic imine (C=N–C) groups is 1. The third-order valence-electron chi connectivity index (χ3n) is 2.60. The van der Waals surface area contributed by atoms with Gasteiger partial charge in [0, 0.05) is 0 Å². The van der Waals surface area contributed by atoms with Crippen molar-refractivity contribution in [1.82, 2.24) is 0 Å². The van der Waals surface area contributed by atoms with E-state index >= 15 is 0 Å². The van der Waals surface area contributed by atoms with Crippen LogP contribution in [-0.4, -0.2) is 11.2 Å². The van der Waals surface area contributed by atoms with Gasteiger partial charge in [-0.1, -0.05) is 13.8 Å². The molecule has 0 aromatic rings. The van der Waals surface area contributed by atoms with E-state index < -0.39 is 0 Å². The maximum atomic E-state index is 4.60. The molecular weight excluding hydrogens is 154 g/mol. The van der Waals surface area contributed by atoms with Crippen LogP contribution < -0.4 is 0 Å². The molecule has 0 saturated heterocycles. The largest absolute Gasteiger partial charge is 0.229 e. The van der Waals surface area contributed by atoms with Crippen LogP contribution >= 0.6 is 12.2 Å². The van der Waals surface area contributed by atoms with E-state index in [4.69, 9.17) is 0 Å². The average molecular weight is 169 g/mol. The zero-order chi connectivity index (χ0) is 8.27. The molecule has 1 saturated carbocycles. The van der Waals surface area contributed by atoms with Gasteiger partial charge in [0.15, 0.2) is 0 Å². The van der Waals surface area contributed by atoms with Crippen molar-refractivity contribution in [3.63, 3.8) is 0 Å². The molecule has 0 aromatic carbocycles. The molecule has 1 nitrogen and oxygen atoms in total. The van der Waals surface area contributed by atoms with Crippen LogP contribution in [0.3, 0.4) is 0 Å². The summed E-state index contributed by atoms with van der Waals surface area (Å²) in [5.74, 6) is 1.58. The second-order valence-electron chi connectivity index (χ2n) is 3.68. The highest BCUT2D eigenvalue weighted by atomic mass is 32.1. The summed E-state index contributed by atoms with van der Waals surface area (Å²) in [5, 5.41) is 2.49. The Morgan fingerprint density at radius 3 is 2.64 bits per heavy atom. The first-order valence-electron chi connectivity index (χ1n) is 4.31. The number of isothiocyanates is 1. The van der Waals surface area contributed by atoms with Crippen LogP contribution in [0.25, 0.3) is 0 Å². The minimum Gasteiger partial charge on any atom is -0.229 e. The normalized spacial score (nSPS) is 37.8. The van der Waals surface area contributed by atoms with Crippen LogP contribution in [0.15, 0.2) is 4.99 Å². The van der Waals surface area contributed by atoms with Crippen molar-refractivity contribution in [2.24, 2.45) is 16.8 Å². The number of thiocarbonyl (C=S) groups is 1. The summed E-state index contributed by atoms with van der Waals surface area (Å²) >= 11 is 4.60. The highest BCUT2D eigenvalue weighted by Gasteiger charge is 2.24. The van der Waals surface area contributed by atoms with E-state index in [1.165, 1.54) is 19.3 Å². The lowest BCUT2D eigenvalue weighted by Crippen LogP contribution is -2.24. The monoisotopic (exact) mass is 169 g/mol. The zero-order valence-corrected chi connectivity index (χ0v) is 8.03. The predicted octanol–water partition coefficient (Wildman–Crippen LogP) is 2.91. The Balaban J connectivity index is 2.50. The van der Waals surface area contributed by atoms with E-state index in [-0.39, 0.29) is 0 Å². The fraction of sp³-hybridized carbons (Fsp3) is 0.889. The van der Waals surface area contributed by atoms with Gasteiger partial charge >= 0.3 is 0 Å². The number of nitrogens with zero attached hydrogens (tertiary/aromatic N) is 1. The quantitative estimate of drug-likeness (QED) is 0.434. The highest BCUT2D eigenvalue weighted by Crippen LogP contribution is 2.30. The van der Waals surface area contributed by atoms with Crippen LogP contribution in [0, 0.1) is 11.8 Å². The molecule has 0 radical (unpaired) electrons. The summed E-state index contributed by atoms with van der Waals surface area (Å²) in [6.07, 6.45) is 3.80. The van der Waals surface area contributed by atoms with Crippen molar-refractivity contribution in [2.45, 2.75) is 39.2 Å². The van der Waals surface area contributed by atoms with Gasteiger partial charge in [-0.3, -0.25) is 0 Å². The van der Waals surface area contributed by atoms with E-state index in [0.29, 0.717) is 12.0 Å². The van der Waals surface area contributed by atoms with Crippen LogP contribution in [0.5, 0.6) is 0 Å². The van der Waals surface area contributed by atoms with Crippen LogP contribution in [-0.2, 0) is 0 Å². The first-order valence-corrected chi connectivity index (χ1v) is 4.72. The second-order valence-corrected chi connectivity index (χ2v) is 3.87. The lowest BCUT2D eigenvalue weighted by atomic mass is 9.80. The minimum absolute atomic E-state index is 0.462. The first-order chi connectivity index (χ1) is 5.24. The summed E-state index contributed by atoms with van der Waals surface area (Å²) < 4.78 is 0. The van der Waals surface area contributed by atoms with Gasteiger partial charge in [0.2, 0.25) is 0 Å². The lowest BCUT2D eigenvalue weighted by Gasteiger charge is -2.28. The second kappa shape index (κ2) is 3.99. The molecule has 3 unspecified atom stereocenters. The Morgan fingerprint density at radius 1 is 1.36 bits per heavy atom. The summed E-state index contributed by atoms with van der Waals surface area (Å²) in [5.41, 5.74) is 0. The number of hydrogen-bond acceptors (Lipinski definition) is 2. The molecule has 0 bridgehead atoms. The van der Waals surface area contributed by atoms with Crippen molar-refractivity contribution in [3.05, 3.63) is 0 Å². The van der Waals surface area contributed by atoms with E-state index in [2.05, 4.69) is 36.2 Å². The van der Waals surface area contributed by atoms with E-state index in [1.54, 1.807) is 0 Å². The molecule has 0 N–H and O–H groups in total. The Hall–Kier alpha value is -0.200. The fourth-order valence-corrected chi connectivity index (χ4v) is 2.04. The van der Waals surface area contributed by atoms with Crippen LogP contribution in [0.1, 0.15) is 33.1 Å². The Kier molecular flexibility index (Phi) is 3.22. The summed E-state index contributed by atoms with van der Waals surface area (Å²) in [7, 11) is 0. The average Bonchev–Trinajstić information content (AvgIpc) is 1.95. The van der Waals surface area contributed by atoms with Gasteiger partial charge in [-0.05, 0) is 43.3 Å². The molecule has 2 heteroatoms. The highest BCUT2D eigenvalue weighted by molar-refractivity contribution is 7.78. The van der Waals surface area contributed by atoms with Crippen molar-refractivity contribution in [3.8, 4) is 0 Å². The number of hydrogen-bond donors (Lipinski definition) is 0. The smallest absolute Gasteiger partial charge is 0.0628 e. The first kappa shape index (κ1) is 8.89. The molecule has 1 aliphatic rings. The third kappa shape index (κ3) is 2.39. The van der Waals surface area contributed by atoms with Crippen molar-refractivity contribution in [2.75, 3.05) is 0 Å². The molecule has 0 heterocycles. The molecule has 0 aliphatic heterocycles. The molecule has 1 rings (SSSR count). The van der Waals surface area contributed by atoms with Crippen molar-refractivity contribution < 1.29 is 0 Å². The number of rotatable bonds is 1. The Bertz CT molecular complexity index is 172. The molecule has 3 atom stereocenters.